The number of hydrogen-bond acceptors (Lipinski definition) is 3. The van der Waals surface area contributed by atoms with Gasteiger partial charge in [-0.15, -0.1) is 0 Å². The number of aromatic amines is 1. The molecule has 2 aromatic heterocycles. The highest BCUT2D eigenvalue weighted by atomic mass is 19.1. The Hall–Kier alpha value is -3.22. The van der Waals surface area contributed by atoms with Crippen molar-refractivity contribution in [1.29, 1.82) is 0 Å². The predicted octanol–water partition coefficient (Wildman–Crippen LogP) is 4.57. The molecule has 0 radical (unpaired) electrons. The summed E-state index contributed by atoms with van der Waals surface area (Å²) in [6, 6.07) is 10.7. The van der Waals surface area contributed by atoms with Gasteiger partial charge in [0.1, 0.15) is 28.8 Å². The fourth-order valence-electron chi connectivity index (χ4n) is 3.62. The maximum atomic E-state index is 13.9. The first-order valence-corrected chi connectivity index (χ1v) is 9.13. The van der Waals surface area contributed by atoms with Crippen LogP contribution in [-0.4, -0.2) is 15.9 Å². The molecule has 1 saturated carbocycles. The average Bonchev–Trinajstić information content (AvgIpc) is 3.15. The van der Waals surface area contributed by atoms with Crippen molar-refractivity contribution in [3.8, 4) is 0 Å². The molecule has 5 rings (SSSR count). The Bertz CT molecular complexity index is 1180. The van der Waals surface area contributed by atoms with Crippen LogP contribution in [0.25, 0.3) is 22.0 Å². The van der Waals surface area contributed by atoms with Crippen LogP contribution >= 0.6 is 0 Å². The van der Waals surface area contributed by atoms with Gasteiger partial charge in [0.05, 0.1) is 22.5 Å². The molecule has 28 heavy (non-hydrogen) atoms. The van der Waals surface area contributed by atoms with Gasteiger partial charge in [0, 0.05) is 24.0 Å². The van der Waals surface area contributed by atoms with Crippen molar-refractivity contribution in [1.82, 2.24) is 15.3 Å². The molecule has 0 bridgehead atoms. The molecule has 1 unspecified atom stereocenters. The summed E-state index contributed by atoms with van der Waals surface area (Å²) in [5.41, 5.74) is 1.96. The van der Waals surface area contributed by atoms with Crippen LogP contribution in [0.1, 0.15) is 36.9 Å². The van der Waals surface area contributed by atoms with E-state index >= 15 is 0 Å². The van der Waals surface area contributed by atoms with Gasteiger partial charge < -0.3 is 14.7 Å². The number of rotatable bonds is 4. The standard InChI is InChI=1S/C21H17F2N3O2/c1-10(18-9-14-15(23)6-11(22)7-19(14)28-18)24-21(27)13-8-12(13)20-25-16-4-2-3-5-17(16)26-20/h2-7,9-10,12-13H,8H2,1H3,(H,24,27)(H,25,26)/t10-,12+,13?/m1/s1. The van der Waals surface area contributed by atoms with Crippen LogP contribution in [0.5, 0.6) is 0 Å². The van der Waals surface area contributed by atoms with E-state index in [1.807, 2.05) is 24.3 Å². The molecule has 0 spiro atoms. The lowest BCUT2D eigenvalue weighted by Gasteiger charge is -2.11. The zero-order valence-corrected chi connectivity index (χ0v) is 15.0. The van der Waals surface area contributed by atoms with E-state index in [2.05, 4.69) is 15.3 Å². The summed E-state index contributed by atoms with van der Waals surface area (Å²) in [5.74, 6) is -0.401. The van der Waals surface area contributed by atoms with Crippen LogP contribution in [0.2, 0.25) is 0 Å². The molecule has 0 saturated heterocycles. The molecule has 2 N–H and O–H groups in total. The Balaban J connectivity index is 1.30. The third-order valence-electron chi connectivity index (χ3n) is 5.24. The number of furan rings is 1. The Labute approximate surface area is 158 Å². The van der Waals surface area contributed by atoms with Crippen molar-refractivity contribution in [2.75, 3.05) is 0 Å². The van der Waals surface area contributed by atoms with E-state index < -0.39 is 17.7 Å². The number of para-hydroxylation sites is 2. The first-order valence-electron chi connectivity index (χ1n) is 9.13. The average molecular weight is 381 g/mol. The van der Waals surface area contributed by atoms with Gasteiger partial charge in [-0.05, 0) is 31.5 Å². The quantitative estimate of drug-likeness (QED) is 0.544. The van der Waals surface area contributed by atoms with Crippen LogP contribution in [0, 0.1) is 17.6 Å². The maximum Gasteiger partial charge on any atom is 0.224 e. The summed E-state index contributed by atoms with van der Waals surface area (Å²) < 4.78 is 32.7. The van der Waals surface area contributed by atoms with Crippen molar-refractivity contribution in [3.05, 3.63) is 65.7 Å². The monoisotopic (exact) mass is 381 g/mol. The van der Waals surface area contributed by atoms with E-state index in [0.717, 1.165) is 35.4 Å². The fraction of sp³-hybridized carbons (Fsp3) is 0.238. The van der Waals surface area contributed by atoms with Crippen LogP contribution in [0.15, 0.2) is 46.9 Å². The number of imidazole rings is 1. The highest BCUT2D eigenvalue weighted by Gasteiger charge is 2.46. The number of fused-ring (bicyclic) bond motifs is 2. The minimum Gasteiger partial charge on any atom is -0.459 e. The molecular formula is C21H17F2N3O2. The predicted molar refractivity (Wildman–Crippen MR) is 99.6 cm³/mol. The number of nitrogens with one attached hydrogen (secondary N) is 2. The Kier molecular flexibility index (Phi) is 3.72. The van der Waals surface area contributed by atoms with Gasteiger partial charge in [0.2, 0.25) is 5.91 Å². The fourth-order valence-corrected chi connectivity index (χ4v) is 3.62. The van der Waals surface area contributed by atoms with E-state index in [9.17, 15) is 13.6 Å². The van der Waals surface area contributed by atoms with Gasteiger partial charge in [0.15, 0.2) is 0 Å². The topological polar surface area (TPSA) is 70.9 Å². The molecule has 3 atom stereocenters. The second-order valence-electron chi connectivity index (χ2n) is 7.27. The number of halogens is 2. The summed E-state index contributed by atoms with van der Waals surface area (Å²) in [4.78, 5) is 20.4. The molecule has 1 aliphatic rings. The summed E-state index contributed by atoms with van der Waals surface area (Å²) in [6.45, 7) is 1.75. The number of amides is 1. The van der Waals surface area contributed by atoms with Crippen molar-refractivity contribution in [2.24, 2.45) is 5.92 Å². The number of nitrogens with zero attached hydrogens (tertiary/aromatic N) is 1. The van der Waals surface area contributed by atoms with Crippen molar-refractivity contribution >= 4 is 27.9 Å². The largest absolute Gasteiger partial charge is 0.459 e. The number of carbonyl (C=O) groups is 1. The van der Waals surface area contributed by atoms with Crippen LogP contribution in [0.3, 0.4) is 0 Å². The van der Waals surface area contributed by atoms with Crippen LogP contribution in [-0.2, 0) is 4.79 Å². The molecule has 1 amide bonds. The van der Waals surface area contributed by atoms with Gasteiger partial charge in [-0.25, -0.2) is 13.8 Å². The molecule has 5 nitrogen and oxygen atoms in total. The molecule has 1 fully saturated rings. The van der Waals surface area contributed by atoms with Gasteiger partial charge in [0.25, 0.3) is 0 Å². The first-order chi connectivity index (χ1) is 13.5. The summed E-state index contributed by atoms with van der Waals surface area (Å²) in [5, 5.41) is 3.09. The minimum absolute atomic E-state index is 0.0572. The second-order valence-corrected chi connectivity index (χ2v) is 7.27. The van der Waals surface area contributed by atoms with E-state index in [1.165, 1.54) is 6.07 Å². The van der Waals surface area contributed by atoms with Gasteiger partial charge in [-0.3, -0.25) is 4.79 Å². The van der Waals surface area contributed by atoms with Crippen LogP contribution < -0.4 is 5.32 Å². The molecule has 142 valence electrons. The van der Waals surface area contributed by atoms with Crippen molar-refractivity contribution < 1.29 is 18.0 Å². The number of carbonyl (C=O) groups excluding carboxylic acids is 1. The number of aromatic nitrogens is 2. The highest BCUT2D eigenvalue weighted by molar-refractivity contribution is 5.84. The van der Waals surface area contributed by atoms with Gasteiger partial charge >= 0.3 is 0 Å². The minimum atomic E-state index is -0.700. The molecule has 1 aliphatic carbocycles. The number of hydrogen-bond donors (Lipinski definition) is 2. The summed E-state index contributed by atoms with van der Waals surface area (Å²) in [7, 11) is 0. The molecule has 2 heterocycles. The summed E-state index contributed by atoms with van der Waals surface area (Å²) >= 11 is 0. The highest BCUT2D eigenvalue weighted by Crippen LogP contribution is 2.47. The zero-order valence-electron chi connectivity index (χ0n) is 15.0. The van der Waals surface area contributed by atoms with Crippen LogP contribution in [0.4, 0.5) is 8.78 Å². The smallest absolute Gasteiger partial charge is 0.224 e. The molecule has 4 aromatic rings. The van der Waals surface area contributed by atoms with E-state index in [4.69, 9.17) is 4.42 Å². The lowest BCUT2D eigenvalue weighted by atomic mass is 10.2. The van der Waals surface area contributed by atoms with Gasteiger partial charge in [-0.1, -0.05) is 12.1 Å². The second kappa shape index (κ2) is 6.15. The summed E-state index contributed by atoms with van der Waals surface area (Å²) in [6.07, 6.45) is 0.721. The Morgan fingerprint density at radius 3 is 2.93 bits per heavy atom. The third kappa shape index (κ3) is 2.83. The first kappa shape index (κ1) is 16.9. The Morgan fingerprint density at radius 2 is 2.11 bits per heavy atom. The molecule has 2 aromatic carbocycles. The molecule has 7 heteroatoms. The van der Waals surface area contributed by atoms with Crippen molar-refractivity contribution in [3.63, 3.8) is 0 Å². The maximum absolute atomic E-state index is 13.9. The van der Waals surface area contributed by atoms with E-state index in [0.29, 0.717) is 5.76 Å². The SMILES string of the molecule is C[C@@H](NC(=O)C1C[C@@H]1c1nc2ccccc2[nH]1)c1cc2c(F)cc(F)cc2o1. The van der Waals surface area contributed by atoms with Gasteiger partial charge in [-0.2, -0.15) is 0 Å². The lowest BCUT2D eigenvalue weighted by Crippen LogP contribution is -2.28. The number of H-pyrrole nitrogens is 1. The normalized spacial score (nSPS) is 19.8. The molecule has 0 aliphatic heterocycles. The molecular weight excluding hydrogens is 364 g/mol. The Morgan fingerprint density at radius 1 is 1.29 bits per heavy atom. The van der Waals surface area contributed by atoms with Crippen molar-refractivity contribution in [2.45, 2.75) is 25.3 Å². The number of benzene rings is 2. The lowest BCUT2D eigenvalue weighted by molar-refractivity contribution is -0.123. The van der Waals surface area contributed by atoms with E-state index in [1.54, 1.807) is 6.92 Å². The zero-order chi connectivity index (χ0) is 19.4. The third-order valence-corrected chi connectivity index (χ3v) is 5.24. The van der Waals surface area contributed by atoms with E-state index in [-0.39, 0.29) is 28.7 Å².